The molecular weight excluding hydrogens is 224 g/mol. The van der Waals surface area contributed by atoms with Crippen LogP contribution in [0.5, 0.6) is 0 Å². The normalized spacial score (nSPS) is 19.3. The second kappa shape index (κ2) is 4.40. The summed E-state index contributed by atoms with van der Waals surface area (Å²) in [5.74, 6) is -1.60. The molecule has 0 amide bonds. The van der Waals surface area contributed by atoms with Crippen molar-refractivity contribution in [1.29, 1.82) is 0 Å². The van der Waals surface area contributed by atoms with Crippen LogP contribution < -0.4 is 4.90 Å². The van der Waals surface area contributed by atoms with Crippen molar-refractivity contribution in [3.63, 3.8) is 0 Å². The topological polar surface area (TPSA) is 90.7 Å². The number of hydrogen-bond acceptors (Lipinski definition) is 4. The highest BCUT2D eigenvalue weighted by molar-refractivity contribution is 5.86. The Morgan fingerprint density at radius 3 is 2.76 bits per heavy atom. The van der Waals surface area contributed by atoms with Crippen molar-refractivity contribution in [2.45, 2.75) is 18.9 Å². The second-order valence-electron chi connectivity index (χ2n) is 3.88. The van der Waals surface area contributed by atoms with E-state index in [1.54, 1.807) is 17.0 Å². The lowest BCUT2D eigenvalue weighted by Crippen LogP contribution is -2.36. The number of carboxylic acids is 2. The van der Waals surface area contributed by atoms with E-state index in [2.05, 4.69) is 4.98 Å². The Hall–Kier alpha value is -2.11. The fourth-order valence-electron chi connectivity index (χ4n) is 2.00. The van der Waals surface area contributed by atoms with E-state index in [4.69, 9.17) is 10.2 Å². The predicted octanol–water partition coefficient (Wildman–Crippen LogP) is 0.833. The highest BCUT2D eigenvalue weighted by Gasteiger charge is 2.31. The van der Waals surface area contributed by atoms with Crippen LogP contribution in [0.15, 0.2) is 18.2 Å². The van der Waals surface area contributed by atoms with E-state index in [9.17, 15) is 9.59 Å². The summed E-state index contributed by atoms with van der Waals surface area (Å²) >= 11 is 0. The molecule has 1 fully saturated rings. The Kier molecular flexibility index (Phi) is 2.95. The molecule has 17 heavy (non-hydrogen) atoms. The van der Waals surface area contributed by atoms with E-state index in [-0.39, 0.29) is 5.69 Å². The number of hydrogen-bond donors (Lipinski definition) is 2. The molecule has 6 nitrogen and oxygen atoms in total. The molecule has 0 aliphatic carbocycles. The van der Waals surface area contributed by atoms with Crippen molar-refractivity contribution in [2.75, 3.05) is 11.4 Å². The third-order valence-corrected chi connectivity index (χ3v) is 2.79. The maximum absolute atomic E-state index is 11.0. The molecule has 90 valence electrons. The van der Waals surface area contributed by atoms with Gasteiger partial charge in [0.2, 0.25) is 0 Å². The fourth-order valence-corrected chi connectivity index (χ4v) is 2.00. The molecule has 1 aliphatic heterocycles. The van der Waals surface area contributed by atoms with Crippen molar-refractivity contribution in [2.24, 2.45) is 0 Å². The fraction of sp³-hybridized carbons (Fsp3) is 0.364. The van der Waals surface area contributed by atoms with Crippen LogP contribution in [0.4, 0.5) is 5.82 Å². The molecule has 2 N–H and O–H groups in total. The zero-order chi connectivity index (χ0) is 12.4. The molecule has 0 spiro atoms. The summed E-state index contributed by atoms with van der Waals surface area (Å²) < 4.78 is 0. The molecule has 0 bridgehead atoms. The minimum absolute atomic E-state index is 0.0708. The summed E-state index contributed by atoms with van der Waals surface area (Å²) in [6.45, 7) is 0.590. The number of anilines is 1. The van der Waals surface area contributed by atoms with Crippen molar-refractivity contribution >= 4 is 17.8 Å². The van der Waals surface area contributed by atoms with Crippen LogP contribution in [0.1, 0.15) is 23.3 Å². The zero-order valence-corrected chi connectivity index (χ0v) is 9.04. The van der Waals surface area contributed by atoms with Gasteiger partial charge in [0.15, 0.2) is 5.69 Å². The molecule has 2 rings (SSSR count). The van der Waals surface area contributed by atoms with Crippen molar-refractivity contribution < 1.29 is 19.8 Å². The Labute approximate surface area is 97.5 Å². The van der Waals surface area contributed by atoms with Gasteiger partial charge in [-0.1, -0.05) is 6.07 Å². The third-order valence-electron chi connectivity index (χ3n) is 2.79. The lowest BCUT2D eigenvalue weighted by molar-refractivity contribution is -0.138. The highest BCUT2D eigenvalue weighted by atomic mass is 16.4. The van der Waals surface area contributed by atoms with Gasteiger partial charge in [0.05, 0.1) is 0 Å². The molecule has 1 aromatic heterocycles. The summed E-state index contributed by atoms with van der Waals surface area (Å²) in [7, 11) is 0. The van der Waals surface area contributed by atoms with Gasteiger partial charge in [-0.05, 0) is 25.0 Å². The van der Waals surface area contributed by atoms with Gasteiger partial charge in [-0.25, -0.2) is 14.6 Å². The molecule has 0 aromatic carbocycles. The van der Waals surface area contributed by atoms with Crippen LogP contribution in [0, 0.1) is 0 Å². The van der Waals surface area contributed by atoms with Gasteiger partial charge >= 0.3 is 11.9 Å². The highest BCUT2D eigenvalue weighted by Crippen LogP contribution is 2.24. The number of aromatic nitrogens is 1. The number of carbonyl (C=O) groups is 2. The van der Waals surface area contributed by atoms with E-state index in [1.807, 2.05) is 0 Å². The molecule has 1 atom stereocenters. The Morgan fingerprint density at radius 1 is 1.35 bits per heavy atom. The van der Waals surface area contributed by atoms with Crippen molar-refractivity contribution in [3.8, 4) is 0 Å². The summed E-state index contributed by atoms with van der Waals surface area (Å²) in [6, 6.07) is 3.99. The molecule has 0 unspecified atom stereocenters. The van der Waals surface area contributed by atoms with Crippen LogP contribution in [0.25, 0.3) is 0 Å². The first-order chi connectivity index (χ1) is 8.09. The van der Waals surface area contributed by atoms with Gasteiger partial charge in [0.1, 0.15) is 11.9 Å². The average Bonchev–Trinajstić information content (AvgIpc) is 2.78. The van der Waals surface area contributed by atoms with E-state index >= 15 is 0 Å². The first-order valence-corrected chi connectivity index (χ1v) is 5.29. The number of carboxylic acid groups (broad SMARTS) is 2. The largest absolute Gasteiger partial charge is 0.480 e. The van der Waals surface area contributed by atoms with Crippen LogP contribution in [-0.4, -0.2) is 39.7 Å². The Morgan fingerprint density at radius 2 is 2.12 bits per heavy atom. The Balaban J connectivity index is 2.30. The molecule has 1 aliphatic rings. The molecule has 6 heteroatoms. The third kappa shape index (κ3) is 2.20. The van der Waals surface area contributed by atoms with E-state index in [1.165, 1.54) is 6.07 Å². The maximum atomic E-state index is 11.0. The first kappa shape index (κ1) is 11.4. The first-order valence-electron chi connectivity index (χ1n) is 5.29. The van der Waals surface area contributed by atoms with Crippen LogP contribution in [0.2, 0.25) is 0 Å². The number of pyridine rings is 1. The standard InChI is InChI=1S/C11H12N2O4/c14-10(15)7-3-1-5-9(12-7)13-6-2-4-8(13)11(16)17/h1,3,5,8H,2,4,6H2,(H,14,15)(H,16,17)/t8-/m1/s1. The number of aromatic carboxylic acids is 1. The SMILES string of the molecule is O=C(O)c1cccc(N2CCC[C@@H]2C(=O)O)n1. The zero-order valence-electron chi connectivity index (χ0n) is 9.04. The smallest absolute Gasteiger partial charge is 0.354 e. The van der Waals surface area contributed by atoms with Crippen LogP contribution >= 0.6 is 0 Å². The maximum Gasteiger partial charge on any atom is 0.354 e. The molecule has 0 saturated carbocycles. The van der Waals surface area contributed by atoms with Crippen LogP contribution in [0.3, 0.4) is 0 Å². The summed E-state index contributed by atoms with van der Waals surface area (Å²) in [6.07, 6.45) is 1.34. The average molecular weight is 236 g/mol. The number of rotatable bonds is 3. The number of aliphatic carboxylic acids is 1. The number of nitrogens with zero attached hydrogens (tertiary/aromatic N) is 2. The Bertz CT molecular complexity index is 461. The molecule has 0 radical (unpaired) electrons. The predicted molar refractivity (Wildman–Crippen MR) is 59.2 cm³/mol. The summed E-state index contributed by atoms with van der Waals surface area (Å²) in [4.78, 5) is 27.4. The van der Waals surface area contributed by atoms with Gasteiger partial charge in [-0.3, -0.25) is 0 Å². The second-order valence-corrected chi connectivity index (χ2v) is 3.88. The molecule has 1 saturated heterocycles. The van der Waals surface area contributed by atoms with Gasteiger partial charge in [-0.15, -0.1) is 0 Å². The van der Waals surface area contributed by atoms with E-state index < -0.39 is 18.0 Å². The van der Waals surface area contributed by atoms with Crippen LogP contribution in [-0.2, 0) is 4.79 Å². The van der Waals surface area contributed by atoms with Gasteiger partial charge < -0.3 is 15.1 Å². The minimum atomic E-state index is -1.11. The van der Waals surface area contributed by atoms with Gasteiger partial charge in [0.25, 0.3) is 0 Å². The van der Waals surface area contributed by atoms with Gasteiger partial charge in [0, 0.05) is 6.54 Å². The summed E-state index contributed by atoms with van der Waals surface area (Å²) in [5.41, 5.74) is -0.0708. The molecule has 1 aromatic rings. The van der Waals surface area contributed by atoms with E-state index in [0.717, 1.165) is 6.42 Å². The lowest BCUT2D eigenvalue weighted by Gasteiger charge is -2.22. The van der Waals surface area contributed by atoms with Crippen molar-refractivity contribution in [3.05, 3.63) is 23.9 Å². The molecular formula is C11H12N2O4. The lowest BCUT2D eigenvalue weighted by atomic mass is 10.2. The minimum Gasteiger partial charge on any atom is -0.480 e. The van der Waals surface area contributed by atoms with Gasteiger partial charge in [-0.2, -0.15) is 0 Å². The molecule has 2 heterocycles. The van der Waals surface area contributed by atoms with E-state index in [0.29, 0.717) is 18.8 Å². The summed E-state index contributed by atoms with van der Waals surface area (Å²) in [5, 5.41) is 17.9. The monoisotopic (exact) mass is 236 g/mol. The van der Waals surface area contributed by atoms with Crippen molar-refractivity contribution in [1.82, 2.24) is 4.98 Å². The quantitative estimate of drug-likeness (QED) is 0.807.